The Labute approximate surface area is 138 Å². The maximum Gasteiger partial charge on any atom is 0.193 e. The highest BCUT2D eigenvalue weighted by molar-refractivity contribution is 5.94. The molecule has 0 aliphatic carbocycles. The van der Waals surface area contributed by atoms with E-state index in [1.54, 1.807) is 0 Å². The van der Waals surface area contributed by atoms with Gasteiger partial charge < -0.3 is 25.4 Å². The molecule has 0 spiro atoms. The maximum absolute atomic E-state index is 6.04. The minimum Gasteiger partial charge on any atom is -0.494 e. The zero-order chi connectivity index (χ0) is 16.7. The molecule has 6 heteroatoms. The van der Waals surface area contributed by atoms with E-state index in [-0.39, 0.29) is 0 Å². The molecule has 0 amide bonds. The fourth-order valence-corrected chi connectivity index (χ4v) is 2.72. The molecule has 1 unspecified atom stereocenters. The van der Waals surface area contributed by atoms with Gasteiger partial charge in [0.1, 0.15) is 11.5 Å². The summed E-state index contributed by atoms with van der Waals surface area (Å²) in [6, 6.07) is 5.66. The maximum atomic E-state index is 6.04. The van der Waals surface area contributed by atoms with Gasteiger partial charge >= 0.3 is 0 Å². The number of aliphatic imine (C=N–C) groups is 1. The van der Waals surface area contributed by atoms with Gasteiger partial charge in [0.05, 0.1) is 18.9 Å². The number of likely N-dealkylation sites (tertiary alicyclic amines) is 1. The topological polar surface area (TPSA) is 72.1 Å². The number of anilines is 1. The molecule has 128 valence electrons. The second-order valence-electron chi connectivity index (χ2n) is 5.79. The molecule has 1 aromatic rings. The highest BCUT2D eigenvalue weighted by Crippen LogP contribution is 2.29. The van der Waals surface area contributed by atoms with Crippen molar-refractivity contribution in [3.8, 4) is 11.5 Å². The van der Waals surface area contributed by atoms with Crippen LogP contribution in [0.1, 0.15) is 20.3 Å². The first-order chi connectivity index (χ1) is 11.1. The van der Waals surface area contributed by atoms with Gasteiger partial charge in [-0.25, -0.2) is 0 Å². The molecule has 1 atom stereocenters. The monoisotopic (exact) mass is 320 g/mol. The third kappa shape index (κ3) is 5.32. The van der Waals surface area contributed by atoms with Gasteiger partial charge in [-0.05, 0) is 51.9 Å². The number of ether oxygens (including phenoxy) is 2. The van der Waals surface area contributed by atoms with Crippen LogP contribution in [0.4, 0.5) is 5.69 Å². The van der Waals surface area contributed by atoms with Crippen molar-refractivity contribution in [2.24, 2.45) is 16.6 Å². The van der Waals surface area contributed by atoms with Gasteiger partial charge in [0.25, 0.3) is 0 Å². The van der Waals surface area contributed by atoms with Crippen molar-refractivity contribution in [2.45, 2.75) is 20.3 Å². The first kappa shape index (κ1) is 17.4. The van der Waals surface area contributed by atoms with Gasteiger partial charge in [0.2, 0.25) is 0 Å². The summed E-state index contributed by atoms with van der Waals surface area (Å²) in [7, 11) is 2.14. The van der Waals surface area contributed by atoms with E-state index in [4.69, 9.17) is 15.2 Å². The molecule has 0 saturated carbocycles. The predicted octanol–water partition coefficient (Wildman–Crippen LogP) is 2.16. The lowest BCUT2D eigenvalue weighted by Crippen LogP contribution is -2.24. The fraction of sp³-hybridized carbons (Fsp3) is 0.588. The molecule has 1 saturated heterocycles. The molecule has 1 aliphatic rings. The smallest absolute Gasteiger partial charge is 0.193 e. The molecule has 3 N–H and O–H groups in total. The van der Waals surface area contributed by atoms with Crippen molar-refractivity contribution in [1.82, 2.24) is 4.90 Å². The van der Waals surface area contributed by atoms with E-state index in [0.29, 0.717) is 25.1 Å². The standard InChI is InChI=1S/C17H28N4O2/c1-4-22-14-6-7-16(23-5-2)15(10-14)20-17(18)19-11-13-8-9-21(3)12-13/h6-7,10,13H,4-5,8-9,11-12H2,1-3H3,(H3,18,19,20). The average Bonchev–Trinajstić information content (AvgIpc) is 2.94. The number of hydrogen-bond donors (Lipinski definition) is 2. The normalized spacial score (nSPS) is 18.9. The summed E-state index contributed by atoms with van der Waals surface area (Å²) < 4.78 is 11.2. The Morgan fingerprint density at radius 1 is 1.35 bits per heavy atom. The molecule has 0 aromatic heterocycles. The van der Waals surface area contributed by atoms with Gasteiger partial charge in [-0.3, -0.25) is 4.99 Å². The van der Waals surface area contributed by atoms with Crippen LogP contribution in [0, 0.1) is 5.92 Å². The van der Waals surface area contributed by atoms with Crippen LogP contribution < -0.4 is 20.5 Å². The number of rotatable bonds is 7. The number of hydrogen-bond acceptors (Lipinski definition) is 4. The van der Waals surface area contributed by atoms with Crippen molar-refractivity contribution in [2.75, 3.05) is 45.2 Å². The van der Waals surface area contributed by atoms with E-state index in [2.05, 4.69) is 22.3 Å². The van der Waals surface area contributed by atoms with Gasteiger partial charge in [-0.2, -0.15) is 0 Å². The Morgan fingerprint density at radius 3 is 2.78 bits per heavy atom. The van der Waals surface area contributed by atoms with Crippen molar-refractivity contribution in [1.29, 1.82) is 0 Å². The van der Waals surface area contributed by atoms with Crippen LogP contribution in [-0.4, -0.2) is 50.8 Å². The quantitative estimate of drug-likeness (QED) is 0.595. The van der Waals surface area contributed by atoms with Gasteiger partial charge in [-0.1, -0.05) is 0 Å². The fourth-order valence-electron chi connectivity index (χ4n) is 2.72. The molecule has 0 bridgehead atoms. The van der Waals surface area contributed by atoms with Crippen LogP contribution in [0.2, 0.25) is 0 Å². The molecule has 1 heterocycles. The first-order valence-corrected chi connectivity index (χ1v) is 8.27. The third-order valence-corrected chi connectivity index (χ3v) is 3.83. The summed E-state index contributed by atoms with van der Waals surface area (Å²) in [5, 5.41) is 3.14. The van der Waals surface area contributed by atoms with Crippen molar-refractivity contribution in [3.05, 3.63) is 18.2 Å². The Hall–Kier alpha value is -1.95. The average molecular weight is 320 g/mol. The third-order valence-electron chi connectivity index (χ3n) is 3.83. The molecule has 1 aliphatic heterocycles. The Balaban J connectivity index is 2.02. The first-order valence-electron chi connectivity index (χ1n) is 8.27. The van der Waals surface area contributed by atoms with E-state index in [1.165, 1.54) is 6.42 Å². The lowest BCUT2D eigenvalue weighted by molar-refractivity contribution is 0.332. The summed E-state index contributed by atoms with van der Waals surface area (Å²) in [4.78, 5) is 6.80. The van der Waals surface area contributed by atoms with Crippen molar-refractivity contribution in [3.63, 3.8) is 0 Å². The van der Waals surface area contributed by atoms with Crippen LogP contribution in [-0.2, 0) is 0 Å². The van der Waals surface area contributed by atoms with E-state index >= 15 is 0 Å². The Bertz CT molecular complexity index is 533. The lowest BCUT2D eigenvalue weighted by atomic mass is 10.1. The summed E-state index contributed by atoms with van der Waals surface area (Å²) in [6.07, 6.45) is 1.18. The molecule has 1 aromatic carbocycles. The van der Waals surface area contributed by atoms with Crippen LogP contribution in [0.5, 0.6) is 11.5 Å². The highest BCUT2D eigenvalue weighted by Gasteiger charge is 2.18. The summed E-state index contributed by atoms with van der Waals surface area (Å²) >= 11 is 0. The minimum absolute atomic E-state index is 0.411. The number of nitrogens with zero attached hydrogens (tertiary/aromatic N) is 2. The Kier molecular flexibility index (Phi) is 6.52. The zero-order valence-corrected chi connectivity index (χ0v) is 14.3. The second-order valence-corrected chi connectivity index (χ2v) is 5.79. The summed E-state index contributed by atoms with van der Waals surface area (Å²) in [5.74, 6) is 2.52. The van der Waals surface area contributed by atoms with E-state index in [9.17, 15) is 0 Å². The van der Waals surface area contributed by atoms with Crippen LogP contribution >= 0.6 is 0 Å². The predicted molar refractivity (Wildman–Crippen MR) is 94.5 cm³/mol. The lowest BCUT2D eigenvalue weighted by Gasteiger charge is -2.14. The number of nitrogens with two attached hydrogens (primary N) is 1. The van der Waals surface area contributed by atoms with E-state index in [1.807, 2.05) is 32.0 Å². The van der Waals surface area contributed by atoms with Gasteiger partial charge in [0.15, 0.2) is 5.96 Å². The molecule has 1 fully saturated rings. The van der Waals surface area contributed by atoms with E-state index < -0.39 is 0 Å². The van der Waals surface area contributed by atoms with Crippen LogP contribution in [0.3, 0.4) is 0 Å². The number of benzene rings is 1. The summed E-state index contributed by atoms with van der Waals surface area (Å²) in [5.41, 5.74) is 6.82. The Morgan fingerprint density at radius 2 is 2.13 bits per heavy atom. The molecular formula is C17H28N4O2. The van der Waals surface area contributed by atoms with Crippen molar-refractivity contribution < 1.29 is 9.47 Å². The molecule has 6 nitrogen and oxygen atoms in total. The minimum atomic E-state index is 0.411. The van der Waals surface area contributed by atoms with Gasteiger partial charge in [0, 0.05) is 19.2 Å². The highest BCUT2D eigenvalue weighted by atomic mass is 16.5. The van der Waals surface area contributed by atoms with Crippen LogP contribution in [0.25, 0.3) is 0 Å². The summed E-state index contributed by atoms with van der Waals surface area (Å²) in [6.45, 7) is 8.09. The number of guanidine groups is 1. The molecule has 2 rings (SSSR count). The van der Waals surface area contributed by atoms with Crippen LogP contribution in [0.15, 0.2) is 23.2 Å². The zero-order valence-electron chi connectivity index (χ0n) is 14.3. The SMILES string of the molecule is CCOc1ccc(OCC)c(NC(N)=NCC2CCN(C)C2)c1. The molecular weight excluding hydrogens is 292 g/mol. The van der Waals surface area contributed by atoms with Crippen molar-refractivity contribution >= 4 is 11.6 Å². The van der Waals surface area contributed by atoms with Gasteiger partial charge in [-0.15, -0.1) is 0 Å². The largest absolute Gasteiger partial charge is 0.494 e. The molecule has 0 radical (unpaired) electrons. The van der Waals surface area contributed by atoms with E-state index in [0.717, 1.165) is 36.8 Å². The number of nitrogens with one attached hydrogen (secondary N) is 1. The second kappa shape index (κ2) is 8.62. The molecule has 23 heavy (non-hydrogen) atoms.